The number of aliphatic hydroxyl groups is 1. The van der Waals surface area contributed by atoms with Crippen molar-refractivity contribution in [1.82, 2.24) is 5.32 Å². The van der Waals surface area contributed by atoms with Crippen molar-refractivity contribution in [3.8, 4) is 5.75 Å². The summed E-state index contributed by atoms with van der Waals surface area (Å²) < 4.78 is 26.4. The summed E-state index contributed by atoms with van der Waals surface area (Å²) in [6.07, 6.45) is 5.29. The van der Waals surface area contributed by atoms with Gasteiger partial charge in [0.25, 0.3) is 5.91 Å². The topological polar surface area (TPSA) is 69.6 Å². The molecule has 2 atom stereocenters. The zero-order valence-electron chi connectivity index (χ0n) is 12.3. The molecule has 0 unspecified atom stereocenters. The van der Waals surface area contributed by atoms with E-state index in [1.54, 1.807) is 0 Å². The number of carbonyl (C=O) groups excluding carboxylic acids is 1. The van der Waals surface area contributed by atoms with E-state index in [-0.39, 0.29) is 17.6 Å². The van der Waals surface area contributed by atoms with Gasteiger partial charge in [-0.3, -0.25) is 4.79 Å². The fraction of sp³-hybridized carbons (Fsp3) is 0.562. The molecule has 1 amide bonds. The van der Waals surface area contributed by atoms with Crippen LogP contribution in [0.15, 0.2) is 12.1 Å². The predicted molar refractivity (Wildman–Crippen MR) is 77.6 cm³/mol. The number of aromatic hydroxyl groups is 1. The van der Waals surface area contributed by atoms with Crippen molar-refractivity contribution < 1.29 is 23.8 Å². The van der Waals surface area contributed by atoms with Crippen molar-refractivity contribution in [1.29, 1.82) is 0 Å². The van der Waals surface area contributed by atoms with E-state index in [2.05, 4.69) is 5.32 Å². The summed E-state index contributed by atoms with van der Waals surface area (Å²) in [6.45, 7) is 0.381. The molecule has 6 heteroatoms. The number of hydrogen-bond acceptors (Lipinski definition) is 3. The van der Waals surface area contributed by atoms with E-state index >= 15 is 0 Å². The third-order valence-corrected chi connectivity index (χ3v) is 4.19. The van der Waals surface area contributed by atoms with E-state index in [1.165, 1.54) is 0 Å². The van der Waals surface area contributed by atoms with Gasteiger partial charge in [-0.05, 0) is 43.7 Å². The third kappa shape index (κ3) is 4.16. The highest BCUT2D eigenvalue weighted by Crippen LogP contribution is 2.27. The van der Waals surface area contributed by atoms with Crippen LogP contribution in [-0.2, 0) is 0 Å². The molecule has 0 spiro atoms. The van der Waals surface area contributed by atoms with Gasteiger partial charge in [0.15, 0.2) is 17.4 Å². The minimum atomic E-state index is -1.16. The number of hydrogen-bond donors (Lipinski definition) is 3. The summed E-state index contributed by atoms with van der Waals surface area (Å²) >= 11 is 0. The van der Waals surface area contributed by atoms with Gasteiger partial charge in [0.1, 0.15) is 0 Å². The molecule has 0 aromatic heterocycles. The molecule has 3 N–H and O–H groups in total. The van der Waals surface area contributed by atoms with E-state index in [0.29, 0.717) is 13.0 Å². The van der Waals surface area contributed by atoms with Crippen LogP contribution in [0.2, 0.25) is 0 Å². The Hall–Kier alpha value is -1.69. The molecule has 2 rings (SSSR count). The Morgan fingerprint density at radius 2 is 1.86 bits per heavy atom. The molecule has 0 radical (unpaired) electrons. The zero-order chi connectivity index (χ0) is 16.1. The number of nitrogens with one attached hydrogen (secondary N) is 1. The molecule has 0 saturated heterocycles. The number of halogens is 2. The van der Waals surface area contributed by atoms with Gasteiger partial charge in [-0.1, -0.05) is 12.8 Å². The van der Waals surface area contributed by atoms with Crippen LogP contribution in [0, 0.1) is 17.6 Å². The molecule has 1 aromatic carbocycles. The van der Waals surface area contributed by atoms with Crippen molar-refractivity contribution in [3.05, 3.63) is 29.3 Å². The number of carbonyl (C=O) groups is 1. The highest BCUT2D eigenvalue weighted by molar-refractivity contribution is 5.94. The van der Waals surface area contributed by atoms with Gasteiger partial charge in [-0.15, -0.1) is 0 Å². The maximum atomic E-state index is 13.2. The average Bonchev–Trinajstić information content (AvgIpc) is 2.50. The van der Waals surface area contributed by atoms with Crippen LogP contribution in [0.3, 0.4) is 0 Å². The van der Waals surface area contributed by atoms with Gasteiger partial charge in [-0.2, -0.15) is 0 Å². The minimum Gasteiger partial charge on any atom is -0.503 e. The molecule has 1 aliphatic carbocycles. The Labute approximate surface area is 128 Å². The fourth-order valence-electron chi connectivity index (χ4n) is 2.89. The summed E-state index contributed by atoms with van der Waals surface area (Å²) in [7, 11) is 0. The molecule has 1 saturated carbocycles. The van der Waals surface area contributed by atoms with Gasteiger partial charge < -0.3 is 15.5 Å². The first-order valence-electron chi connectivity index (χ1n) is 7.63. The SMILES string of the molecule is O=C(NCCC[C@@H]1CCCC[C@@H]1O)c1cc(F)c(O)c(F)c1. The molecule has 22 heavy (non-hydrogen) atoms. The van der Waals surface area contributed by atoms with Crippen LogP contribution >= 0.6 is 0 Å². The minimum absolute atomic E-state index is 0.162. The molecule has 0 aliphatic heterocycles. The maximum Gasteiger partial charge on any atom is 0.251 e. The van der Waals surface area contributed by atoms with Crippen molar-refractivity contribution in [3.63, 3.8) is 0 Å². The van der Waals surface area contributed by atoms with E-state index in [9.17, 15) is 18.7 Å². The first kappa shape index (κ1) is 16.7. The standard InChI is InChI=1S/C16H21F2NO3/c17-12-8-11(9-13(18)15(12)21)16(22)19-7-3-5-10-4-1-2-6-14(10)20/h8-10,14,20-21H,1-7H2,(H,19,22)/t10-,14-/m0/s1. The first-order valence-corrected chi connectivity index (χ1v) is 7.63. The third-order valence-electron chi connectivity index (χ3n) is 4.19. The largest absolute Gasteiger partial charge is 0.503 e. The molecule has 0 heterocycles. The average molecular weight is 313 g/mol. The van der Waals surface area contributed by atoms with Crippen molar-refractivity contribution >= 4 is 5.91 Å². The van der Waals surface area contributed by atoms with E-state index in [0.717, 1.165) is 44.2 Å². The Balaban J connectivity index is 1.78. The molecule has 1 aromatic rings. The summed E-state index contributed by atoms with van der Waals surface area (Å²) in [5, 5.41) is 21.4. The lowest BCUT2D eigenvalue weighted by Crippen LogP contribution is -2.28. The van der Waals surface area contributed by atoms with E-state index < -0.39 is 23.3 Å². The number of benzene rings is 1. The molecule has 1 aliphatic rings. The van der Waals surface area contributed by atoms with Crippen LogP contribution in [0.1, 0.15) is 48.9 Å². The van der Waals surface area contributed by atoms with Crippen molar-refractivity contribution in [2.45, 2.75) is 44.6 Å². The van der Waals surface area contributed by atoms with Gasteiger partial charge in [0.2, 0.25) is 0 Å². The number of amides is 1. The van der Waals surface area contributed by atoms with Crippen LogP contribution in [0.5, 0.6) is 5.75 Å². The number of aliphatic hydroxyl groups excluding tert-OH is 1. The second kappa shape index (κ2) is 7.54. The van der Waals surface area contributed by atoms with Gasteiger partial charge in [-0.25, -0.2) is 8.78 Å². The lowest BCUT2D eigenvalue weighted by Gasteiger charge is -2.27. The lowest BCUT2D eigenvalue weighted by molar-refractivity contribution is 0.0641. The Morgan fingerprint density at radius 3 is 2.50 bits per heavy atom. The molecule has 122 valence electrons. The van der Waals surface area contributed by atoms with Gasteiger partial charge in [0.05, 0.1) is 6.10 Å². The molecule has 1 fully saturated rings. The monoisotopic (exact) mass is 313 g/mol. The predicted octanol–water partition coefficient (Wildman–Crippen LogP) is 2.73. The zero-order valence-corrected chi connectivity index (χ0v) is 12.3. The highest BCUT2D eigenvalue weighted by Gasteiger charge is 2.22. The quantitative estimate of drug-likeness (QED) is 0.732. The van der Waals surface area contributed by atoms with Crippen LogP contribution in [-0.4, -0.2) is 28.8 Å². The fourth-order valence-corrected chi connectivity index (χ4v) is 2.89. The van der Waals surface area contributed by atoms with Crippen molar-refractivity contribution in [2.24, 2.45) is 5.92 Å². The molecule has 0 bridgehead atoms. The number of phenols is 1. The van der Waals surface area contributed by atoms with Gasteiger partial charge >= 0.3 is 0 Å². The Morgan fingerprint density at radius 1 is 1.23 bits per heavy atom. The smallest absolute Gasteiger partial charge is 0.251 e. The Bertz CT molecular complexity index is 513. The second-order valence-electron chi connectivity index (χ2n) is 5.80. The maximum absolute atomic E-state index is 13.2. The Kier molecular flexibility index (Phi) is 5.71. The molecular weight excluding hydrogens is 292 g/mol. The van der Waals surface area contributed by atoms with Gasteiger partial charge in [0, 0.05) is 12.1 Å². The molecule has 4 nitrogen and oxygen atoms in total. The van der Waals surface area contributed by atoms with Crippen LogP contribution in [0.4, 0.5) is 8.78 Å². The summed E-state index contributed by atoms with van der Waals surface area (Å²) in [5.41, 5.74) is -0.162. The van der Waals surface area contributed by atoms with E-state index in [1.807, 2.05) is 0 Å². The summed E-state index contributed by atoms with van der Waals surface area (Å²) in [6, 6.07) is 1.61. The second-order valence-corrected chi connectivity index (χ2v) is 5.80. The number of rotatable bonds is 5. The summed E-state index contributed by atoms with van der Waals surface area (Å²) in [4.78, 5) is 11.8. The summed E-state index contributed by atoms with van der Waals surface area (Å²) in [5.74, 6) is -3.70. The van der Waals surface area contributed by atoms with Crippen LogP contribution < -0.4 is 5.32 Å². The molecular formula is C16H21F2NO3. The normalized spacial score (nSPS) is 21.6. The van der Waals surface area contributed by atoms with E-state index in [4.69, 9.17) is 5.11 Å². The van der Waals surface area contributed by atoms with Crippen LogP contribution in [0.25, 0.3) is 0 Å². The number of phenolic OH excluding ortho intramolecular Hbond substituents is 1. The lowest BCUT2D eigenvalue weighted by atomic mass is 9.83. The van der Waals surface area contributed by atoms with Crippen molar-refractivity contribution in [2.75, 3.05) is 6.54 Å². The highest BCUT2D eigenvalue weighted by atomic mass is 19.1. The first-order chi connectivity index (χ1) is 10.5.